The van der Waals surface area contributed by atoms with Gasteiger partial charge in [-0.05, 0) is 25.4 Å². The van der Waals surface area contributed by atoms with Crippen molar-refractivity contribution >= 4 is 5.95 Å². The van der Waals surface area contributed by atoms with E-state index in [1.54, 1.807) is 0 Å². The van der Waals surface area contributed by atoms with Gasteiger partial charge < -0.3 is 10.6 Å². The van der Waals surface area contributed by atoms with E-state index in [-0.39, 0.29) is 5.95 Å². The number of hydrogen-bond acceptors (Lipinski definition) is 4. The van der Waals surface area contributed by atoms with Gasteiger partial charge in [-0.3, -0.25) is 0 Å². The Morgan fingerprint density at radius 3 is 2.59 bits per heavy atom. The van der Waals surface area contributed by atoms with Gasteiger partial charge >= 0.3 is 6.18 Å². The van der Waals surface area contributed by atoms with E-state index in [1.165, 1.54) is 0 Å². The fraction of sp³-hybridized carbons (Fsp3) is 0.600. The standard InChI is InChI=1S/C10H13F3N4/c11-10(12,13)8-5-16-9(17-6-8)15-4-7-1-2-14-3-7/h5-7,14H,1-4H2,(H,15,16,17). The van der Waals surface area contributed by atoms with Gasteiger partial charge in [-0.25, -0.2) is 9.97 Å². The van der Waals surface area contributed by atoms with Gasteiger partial charge in [0.15, 0.2) is 0 Å². The summed E-state index contributed by atoms with van der Waals surface area (Å²) in [4.78, 5) is 7.29. The van der Waals surface area contributed by atoms with Crippen molar-refractivity contribution in [1.82, 2.24) is 15.3 Å². The second kappa shape index (κ2) is 4.87. The third kappa shape index (κ3) is 3.29. The van der Waals surface area contributed by atoms with Crippen molar-refractivity contribution in [2.45, 2.75) is 12.6 Å². The zero-order chi connectivity index (χ0) is 12.3. The molecule has 1 saturated heterocycles. The first-order chi connectivity index (χ1) is 8.05. The molecule has 0 radical (unpaired) electrons. The largest absolute Gasteiger partial charge is 0.419 e. The van der Waals surface area contributed by atoms with Gasteiger partial charge in [0, 0.05) is 18.9 Å². The van der Waals surface area contributed by atoms with Crippen molar-refractivity contribution in [3.63, 3.8) is 0 Å². The number of alkyl halides is 3. The number of anilines is 1. The molecule has 0 aliphatic carbocycles. The number of nitrogens with one attached hydrogen (secondary N) is 2. The summed E-state index contributed by atoms with van der Waals surface area (Å²) in [6.45, 7) is 2.59. The summed E-state index contributed by atoms with van der Waals surface area (Å²) in [5, 5.41) is 6.14. The van der Waals surface area contributed by atoms with Crippen LogP contribution in [0, 0.1) is 5.92 Å². The highest BCUT2D eigenvalue weighted by Crippen LogP contribution is 2.27. The summed E-state index contributed by atoms with van der Waals surface area (Å²) >= 11 is 0. The molecule has 1 aromatic heterocycles. The molecule has 2 heterocycles. The molecule has 2 rings (SSSR count). The third-order valence-electron chi connectivity index (χ3n) is 2.69. The lowest BCUT2D eigenvalue weighted by Gasteiger charge is -2.10. The molecule has 1 aromatic rings. The summed E-state index contributed by atoms with van der Waals surface area (Å²) in [5.74, 6) is 0.728. The summed E-state index contributed by atoms with van der Waals surface area (Å²) in [6, 6.07) is 0. The lowest BCUT2D eigenvalue weighted by Crippen LogP contribution is -2.18. The second-order valence-electron chi connectivity index (χ2n) is 4.03. The Hall–Kier alpha value is -1.37. The Balaban J connectivity index is 1.89. The maximum Gasteiger partial charge on any atom is 0.419 e. The SMILES string of the molecule is FC(F)(F)c1cnc(NCC2CCNC2)nc1. The Kier molecular flexibility index (Phi) is 3.46. The van der Waals surface area contributed by atoms with Crippen LogP contribution in [-0.4, -0.2) is 29.6 Å². The van der Waals surface area contributed by atoms with Crippen molar-refractivity contribution in [3.05, 3.63) is 18.0 Å². The second-order valence-corrected chi connectivity index (χ2v) is 4.03. The third-order valence-corrected chi connectivity index (χ3v) is 2.69. The Bertz CT molecular complexity index is 357. The van der Waals surface area contributed by atoms with Crippen LogP contribution in [0.4, 0.5) is 19.1 Å². The van der Waals surface area contributed by atoms with Crippen LogP contribution >= 0.6 is 0 Å². The highest BCUT2D eigenvalue weighted by atomic mass is 19.4. The van der Waals surface area contributed by atoms with E-state index in [2.05, 4.69) is 20.6 Å². The lowest BCUT2D eigenvalue weighted by molar-refractivity contribution is -0.138. The zero-order valence-electron chi connectivity index (χ0n) is 9.09. The van der Waals surface area contributed by atoms with E-state index in [4.69, 9.17) is 0 Å². The molecule has 0 aromatic carbocycles. The van der Waals surface area contributed by atoms with Gasteiger partial charge in [0.25, 0.3) is 0 Å². The predicted molar refractivity (Wildman–Crippen MR) is 56.5 cm³/mol. The summed E-state index contributed by atoms with van der Waals surface area (Å²) in [6.07, 6.45) is -1.73. The number of halogens is 3. The fourth-order valence-corrected chi connectivity index (χ4v) is 1.69. The Labute approximate surface area is 96.7 Å². The molecule has 17 heavy (non-hydrogen) atoms. The minimum Gasteiger partial charge on any atom is -0.354 e. The maximum atomic E-state index is 12.2. The first-order valence-corrected chi connectivity index (χ1v) is 5.39. The molecule has 1 fully saturated rings. The van der Waals surface area contributed by atoms with Gasteiger partial charge in [0.05, 0.1) is 5.56 Å². The van der Waals surface area contributed by atoms with Gasteiger partial charge in [-0.1, -0.05) is 0 Å². The Morgan fingerprint density at radius 1 is 1.35 bits per heavy atom. The molecule has 0 amide bonds. The van der Waals surface area contributed by atoms with Crippen LogP contribution in [0.3, 0.4) is 0 Å². The average Bonchev–Trinajstić information content (AvgIpc) is 2.78. The Morgan fingerprint density at radius 2 is 2.06 bits per heavy atom. The van der Waals surface area contributed by atoms with E-state index in [0.29, 0.717) is 12.5 Å². The predicted octanol–water partition coefficient (Wildman–Crippen LogP) is 1.52. The van der Waals surface area contributed by atoms with Crippen LogP contribution in [0.25, 0.3) is 0 Å². The smallest absolute Gasteiger partial charge is 0.354 e. The fourth-order valence-electron chi connectivity index (χ4n) is 1.69. The molecule has 4 nitrogen and oxygen atoms in total. The average molecular weight is 246 g/mol. The van der Waals surface area contributed by atoms with Crippen LogP contribution in [0.15, 0.2) is 12.4 Å². The first-order valence-electron chi connectivity index (χ1n) is 5.39. The summed E-state index contributed by atoms with van der Waals surface area (Å²) in [5.41, 5.74) is -0.828. The lowest BCUT2D eigenvalue weighted by atomic mass is 10.1. The van der Waals surface area contributed by atoms with Gasteiger partial charge in [0.2, 0.25) is 5.95 Å². The van der Waals surface area contributed by atoms with Crippen molar-refractivity contribution in [2.75, 3.05) is 25.0 Å². The number of nitrogens with zero attached hydrogens (tertiary/aromatic N) is 2. The minimum atomic E-state index is -4.38. The van der Waals surface area contributed by atoms with Crippen molar-refractivity contribution in [2.24, 2.45) is 5.92 Å². The van der Waals surface area contributed by atoms with E-state index in [1.807, 2.05) is 0 Å². The highest BCUT2D eigenvalue weighted by Gasteiger charge is 2.31. The molecule has 0 bridgehead atoms. The quantitative estimate of drug-likeness (QED) is 0.849. The molecule has 1 atom stereocenters. The van der Waals surface area contributed by atoms with E-state index in [9.17, 15) is 13.2 Å². The van der Waals surface area contributed by atoms with Crippen LogP contribution in [-0.2, 0) is 6.18 Å². The maximum absolute atomic E-state index is 12.2. The van der Waals surface area contributed by atoms with Gasteiger partial charge in [-0.2, -0.15) is 13.2 Å². The molecule has 1 aliphatic rings. The highest BCUT2D eigenvalue weighted by molar-refractivity contribution is 5.25. The van der Waals surface area contributed by atoms with Crippen LogP contribution in [0.2, 0.25) is 0 Å². The van der Waals surface area contributed by atoms with Crippen LogP contribution in [0.5, 0.6) is 0 Å². The summed E-state index contributed by atoms with van der Waals surface area (Å²) in [7, 11) is 0. The molecular formula is C10H13F3N4. The molecule has 0 spiro atoms. The monoisotopic (exact) mass is 246 g/mol. The van der Waals surface area contributed by atoms with Gasteiger partial charge in [-0.15, -0.1) is 0 Å². The number of aromatic nitrogens is 2. The molecule has 0 saturated carbocycles. The van der Waals surface area contributed by atoms with Gasteiger partial charge in [0.1, 0.15) is 0 Å². The summed E-state index contributed by atoms with van der Waals surface area (Å²) < 4.78 is 36.7. The molecule has 2 N–H and O–H groups in total. The van der Waals surface area contributed by atoms with E-state index in [0.717, 1.165) is 31.9 Å². The number of hydrogen-bond donors (Lipinski definition) is 2. The molecule has 7 heteroatoms. The normalized spacial score (nSPS) is 20.5. The van der Waals surface area contributed by atoms with Crippen LogP contribution < -0.4 is 10.6 Å². The number of rotatable bonds is 3. The molecule has 1 unspecified atom stereocenters. The van der Waals surface area contributed by atoms with Crippen LogP contribution in [0.1, 0.15) is 12.0 Å². The molecule has 94 valence electrons. The van der Waals surface area contributed by atoms with Crippen molar-refractivity contribution in [1.29, 1.82) is 0 Å². The van der Waals surface area contributed by atoms with Crippen molar-refractivity contribution < 1.29 is 13.2 Å². The minimum absolute atomic E-state index is 0.241. The first kappa shape index (κ1) is 12.1. The van der Waals surface area contributed by atoms with E-state index >= 15 is 0 Å². The van der Waals surface area contributed by atoms with Crippen molar-refractivity contribution in [3.8, 4) is 0 Å². The molecular weight excluding hydrogens is 233 g/mol. The molecule has 1 aliphatic heterocycles. The zero-order valence-corrected chi connectivity index (χ0v) is 9.09. The van der Waals surface area contributed by atoms with E-state index < -0.39 is 11.7 Å². The topological polar surface area (TPSA) is 49.8 Å².